The molecule has 0 bridgehead atoms. The van der Waals surface area contributed by atoms with Gasteiger partial charge >= 0.3 is 0 Å². The first-order valence-electron chi connectivity index (χ1n) is 9.02. The molecule has 4 rings (SSSR count). The van der Waals surface area contributed by atoms with Crippen LogP contribution in [0.3, 0.4) is 0 Å². The summed E-state index contributed by atoms with van der Waals surface area (Å²) in [5.41, 5.74) is 3.13. The standard InChI is InChI=1S/C21H16FN5O2S/c1-13(28)14-4-8-17(9-5-14)23-20(29)12-30-21-25-24-19-11-10-18(26-27(19)21)15-2-6-16(22)7-3-15/h2-11H,12H2,1H3,(H,23,29). The number of anilines is 1. The van der Waals surface area contributed by atoms with Crippen molar-refractivity contribution in [3.63, 3.8) is 0 Å². The zero-order valence-electron chi connectivity index (χ0n) is 15.9. The molecule has 4 aromatic rings. The summed E-state index contributed by atoms with van der Waals surface area (Å²) in [5.74, 6) is -0.462. The third-order valence-electron chi connectivity index (χ3n) is 4.28. The smallest absolute Gasteiger partial charge is 0.234 e. The van der Waals surface area contributed by atoms with Crippen LogP contribution >= 0.6 is 11.8 Å². The molecule has 7 nitrogen and oxygen atoms in total. The van der Waals surface area contributed by atoms with Gasteiger partial charge in [-0.1, -0.05) is 11.8 Å². The van der Waals surface area contributed by atoms with Gasteiger partial charge in [0.05, 0.1) is 11.4 Å². The van der Waals surface area contributed by atoms with Crippen LogP contribution in [0, 0.1) is 5.82 Å². The van der Waals surface area contributed by atoms with Crippen LogP contribution in [-0.2, 0) is 4.79 Å². The molecule has 1 N–H and O–H groups in total. The lowest BCUT2D eigenvalue weighted by molar-refractivity contribution is -0.113. The van der Waals surface area contributed by atoms with Crippen LogP contribution in [0.25, 0.3) is 16.9 Å². The third kappa shape index (κ3) is 4.36. The second-order valence-corrected chi connectivity index (χ2v) is 7.39. The summed E-state index contributed by atoms with van der Waals surface area (Å²) in [6, 6.07) is 16.3. The van der Waals surface area contributed by atoms with E-state index in [2.05, 4.69) is 20.6 Å². The molecule has 150 valence electrons. The van der Waals surface area contributed by atoms with Crippen molar-refractivity contribution in [1.82, 2.24) is 19.8 Å². The van der Waals surface area contributed by atoms with Gasteiger partial charge in [-0.2, -0.15) is 9.61 Å². The van der Waals surface area contributed by atoms with Gasteiger partial charge in [-0.15, -0.1) is 10.2 Å². The van der Waals surface area contributed by atoms with Crippen LogP contribution in [0.5, 0.6) is 0 Å². The highest BCUT2D eigenvalue weighted by molar-refractivity contribution is 7.99. The number of fused-ring (bicyclic) bond motifs is 1. The fourth-order valence-corrected chi connectivity index (χ4v) is 3.44. The molecule has 30 heavy (non-hydrogen) atoms. The predicted molar refractivity (Wildman–Crippen MR) is 112 cm³/mol. The van der Waals surface area contributed by atoms with Gasteiger partial charge in [0.2, 0.25) is 11.1 Å². The number of nitrogens with one attached hydrogen (secondary N) is 1. The molecule has 2 aromatic heterocycles. The minimum absolute atomic E-state index is 0.0328. The highest BCUT2D eigenvalue weighted by Gasteiger charge is 2.12. The van der Waals surface area contributed by atoms with E-state index in [1.807, 2.05) is 0 Å². The molecule has 0 atom stereocenters. The molecule has 1 amide bonds. The lowest BCUT2D eigenvalue weighted by Crippen LogP contribution is -2.14. The average Bonchev–Trinajstić information content (AvgIpc) is 3.15. The summed E-state index contributed by atoms with van der Waals surface area (Å²) in [5, 5.41) is 15.9. The average molecular weight is 421 g/mol. The number of amides is 1. The molecule has 2 heterocycles. The summed E-state index contributed by atoms with van der Waals surface area (Å²) >= 11 is 1.20. The molecule has 0 saturated heterocycles. The summed E-state index contributed by atoms with van der Waals surface area (Å²) in [7, 11) is 0. The second kappa shape index (κ2) is 8.42. The summed E-state index contributed by atoms with van der Waals surface area (Å²) < 4.78 is 14.7. The van der Waals surface area contributed by atoms with E-state index < -0.39 is 0 Å². The van der Waals surface area contributed by atoms with Crippen LogP contribution in [-0.4, -0.2) is 37.3 Å². The Kier molecular flexibility index (Phi) is 5.53. The van der Waals surface area contributed by atoms with Crippen molar-refractivity contribution in [2.24, 2.45) is 0 Å². The Morgan fingerprint density at radius 2 is 1.73 bits per heavy atom. The van der Waals surface area contributed by atoms with Crippen molar-refractivity contribution in [3.8, 4) is 11.3 Å². The Morgan fingerprint density at radius 1 is 1.00 bits per heavy atom. The van der Waals surface area contributed by atoms with Gasteiger partial charge in [-0.25, -0.2) is 4.39 Å². The number of carbonyl (C=O) groups excluding carboxylic acids is 2. The van der Waals surface area contributed by atoms with Crippen LogP contribution in [0.1, 0.15) is 17.3 Å². The van der Waals surface area contributed by atoms with E-state index in [0.717, 1.165) is 5.56 Å². The molecule has 0 fully saturated rings. The van der Waals surface area contributed by atoms with Gasteiger partial charge in [-0.3, -0.25) is 9.59 Å². The first-order chi connectivity index (χ1) is 14.5. The van der Waals surface area contributed by atoms with Gasteiger partial charge in [0, 0.05) is 16.8 Å². The first-order valence-corrected chi connectivity index (χ1v) is 10.0. The minimum atomic E-state index is -0.317. The largest absolute Gasteiger partial charge is 0.325 e. The van der Waals surface area contributed by atoms with Crippen molar-refractivity contribution in [2.75, 3.05) is 11.1 Å². The van der Waals surface area contributed by atoms with E-state index >= 15 is 0 Å². The van der Waals surface area contributed by atoms with Crippen LogP contribution < -0.4 is 5.32 Å². The lowest BCUT2D eigenvalue weighted by atomic mass is 10.1. The molecule has 0 aliphatic heterocycles. The number of hydrogen-bond donors (Lipinski definition) is 1. The van der Waals surface area contributed by atoms with Crippen LogP contribution in [0.4, 0.5) is 10.1 Å². The fraction of sp³-hybridized carbons (Fsp3) is 0.0952. The van der Waals surface area contributed by atoms with Crippen molar-refractivity contribution < 1.29 is 14.0 Å². The second-order valence-electron chi connectivity index (χ2n) is 6.45. The Balaban J connectivity index is 1.45. The number of hydrogen-bond acceptors (Lipinski definition) is 6. The van der Waals surface area contributed by atoms with E-state index in [0.29, 0.717) is 27.7 Å². The first kappa shape index (κ1) is 19.7. The molecule has 0 unspecified atom stereocenters. The number of benzene rings is 2. The van der Waals surface area contributed by atoms with Crippen LogP contribution in [0.2, 0.25) is 0 Å². The highest BCUT2D eigenvalue weighted by atomic mass is 32.2. The maximum Gasteiger partial charge on any atom is 0.234 e. The number of thioether (sulfide) groups is 1. The number of halogens is 1. The Hall–Kier alpha value is -3.59. The van der Waals surface area contributed by atoms with E-state index in [1.165, 1.54) is 30.8 Å². The number of aromatic nitrogens is 4. The quantitative estimate of drug-likeness (QED) is 0.376. The molecule has 0 saturated carbocycles. The van der Waals surface area contributed by atoms with Crippen molar-refractivity contribution in [3.05, 3.63) is 72.0 Å². The third-order valence-corrected chi connectivity index (χ3v) is 5.20. The number of Topliss-reactive ketones (excluding diaryl/α,β-unsaturated/α-hetero) is 1. The molecule has 2 aromatic carbocycles. The Labute approximate surface area is 175 Å². The van der Waals surface area contributed by atoms with Gasteiger partial charge in [-0.05, 0) is 67.6 Å². The number of ketones is 1. The Morgan fingerprint density at radius 3 is 2.43 bits per heavy atom. The molecule has 0 aliphatic carbocycles. The fourth-order valence-electron chi connectivity index (χ4n) is 2.75. The zero-order valence-corrected chi connectivity index (χ0v) is 16.7. The molecule has 9 heteroatoms. The van der Waals surface area contributed by atoms with Gasteiger partial charge in [0.15, 0.2) is 11.4 Å². The maximum absolute atomic E-state index is 13.2. The molecule has 0 aliphatic rings. The predicted octanol–water partition coefficient (Wildman–Crippen LogP) is 3.86. The van der Waals surface area contributed by atoms with Crippen molar-refractivity contribution in [2.45, 2.75) is 12.1 Å². The monoisotopic (exact) mass is 421 g/mol. The van der Waals surface area contributed by atoms with Crippen molar-refractivity contribution in [1.29, 1.82) is 0 Å². The SMILES string of the molecule is CC(=O)c1ccc(NC(=O)CSc2nnc3ccc(-c4ccc(F)cc4)nn23)cc1. The van der Waals surface area contributed by atoms with E-state index in [-0.39, 0.29) is 23.3 Å². The van der Waals surface area contributed by atoms with E-state index in [4.69, 9.17) is 0 Å². The summed E-state index contributed by atoms with van der Waals surface area (Å²) in [6.07, 6.45) is 0. The van der Waals surface area contributed by atoms with E-state index in [9.17, 15) is 14.0 Å². The van der Waals surface area contributed by atoms with Gasteiger partial charge in [0.25, 0.3) is 0 Å². The zero-order chi connectivity index (χ0) is 21.1. The summed E-state index contributed by atoms with van der Waals surface area (Å²) in [4.78, 5) is 23.6. The summed E-state index contributed by atoms with van der Waals surface area (Å²) in [6.45, 7) is 1.49. The molecular weight excluding hydrogens is 405 g/mol. The number of rotatable bonds is 6. The van der Waals surface area contributed by atoms with Crippen molar-refractivity contribution >= 4 is 34.8 Å². The number of carbonyl (C=O) groups is 2. The van der Waals surface area contributed by atoms with E-state index in [1.54, 1.807) is 53.0 Å². The normalized spacial score (nSPS) is 10.9. The van der Waals surface area contributed by atoms with Crippen LogP contribution in [0.15, 0.2) is 65.8 Å². The highest BCUT2D eigenvalue weighted by Crippen LogP contribution is 2.21. The molecule has 0 spiro atoms. The number of nitrogens with zero attached hydrogens (tertiary/aromatic N) is 4. The Bertz CT molecular complexity index is 1220. The lowest BCUT2D eigenvalue weighted by Gasteiger charge is -2.06. The minimum Gasteiger partial charge on any atom is -0.325 e. The van der Waals surface area contributed by atoms with Gasteiger partial charge in [0.1, 0.15) is 5.82 Å². The maximum atomic E-state index is 13.2. The van der Waals surface area contributed by atoms with Gasteiger partial charge < -0.3 is 5.32 Å². The molecule has 0 radical (unpaired) electrons. The topological polar surface area (TPSA) is 89.2 Å². The molecular formula is C21H16FN5O2S.